The molecular formula is C34H50N4O6. The molecule has 2 aromatic carbocycles. The van der Waals surface area contributed by atoms with Crippen LogP contribution in [0.15, 0.2) is 36.4 Å². The molecule has 0 aromatic heterocycles. The first-order chi connectivity index (χ1) is 21.2. The third-order valence-electron chi connectivity index (χ3n) is 7.89. The minimum Gasteiger partial charge on any atom is -0.507 e. The minimum atomic E-state index is -0.633. The highest BCUT2D eigenvalue weighted by Crippen LogP contribution is 2.26. The van der Waals surface area contributed by atoms with Crippen molar-refractivity contribution in [1.29, 1.82) is 0 Å². The fourth-order valence-corrected chi connectivity index (χ4v) is 5.06. The van der Waals surface area contributed by atoms with Crippen LogP contribution in [0.5, 0.6) is 11.5 Å². The van der Waals surface area contributed by atoms with Gasteiger partial charge < -0.3 is 10.2 Å². The Kier molecular flexibility index (Phi) is 15.8. The molecule has 6 N–H and O–H groups in total. The standard InChI is InChI=1S/C34H50N4O6/c1-5-9-12-17-26(32(42)36-38-34(44)28-21-14-19-25(30(28)40)16-11-7-3)22-23(8-4)31(41)35-37-33(43)27-20-13-18-24(29(27)39)15-10-6-2/h13-14,18-21,23,26,39-40H,5-12,15-17,22H2,1-4H3,(H,35,41)(H,36,42)(H,37,43)(H,38,44). The Balaban J connectivity index is 2.04. The van der Waals surface area contributed by atoms with E-state index in [1.54, 1.807) is 24.3 Å². The molecule has 0 fully saturated rings. The number of hydrazine groups is 2. The molecule has 4 amide bonds. The normalized spacial score (nSPS) is 12.2. The number of benzene rings is 2. The van der Waals surface area contributed by atoms with E-state index in [4.69, 9.17) is 0 Å². The zero-order valence-corrected chi connectivity index (χ0v) is 26.6. The summed E-state index contributed by atoms with van der Waals surface area (Å²) in [5, 5.41) is 21.1. The van der Waals surface area contributed by atoms with Crippen LogP contribution in [-0.2, 0) is 22.4 Å². The van der Waals surface area contributed by atoms with Crippen LogP contribution < -0.4 is 21.7 Å². The number of amides is 4. The Bertz CT molecular complexity index is 1250. The van der Waals surface area contributed by atoms with Gasteiger partial charge in [-0.15, -0.1) is 0 Å². The van der Waals surface area contributed by atoms with Crippen LogP contribution in [0.4, 0.5) is 0 Å². The van der Waals surface area contributed by atoms with Gasteiger partial charge in [0.05, 0.1) is 11.1 Å². The van der Waals surface area contributed by atoms with Gasteiger partial charge in [-0.25, -0.2) is 0 Å². The molecule has 2 unspecified atom stereocenters. The number of aromatic hydroxyl groups is 2. The Morgan fingerprint density at radius 3 is 1.50 bits per heavy atom. The van der Waals surface area contributed by atoms with Crippen molar-refractivity contribution >= 4 is 23.6 Å². The lowest BCUT2D eigenvalue weighted by Crippen LogP contribution is -2.47. The van der Waals surface area contributed by atoms with Crippen molar-refractivity contribution in [2.75, 3.05) is 0 Å². The Morgan fingerprint density at radius 1 is 0.614 bits per heavy atom. The van der Waals surface area contributed by atoms with Gasteiger partial charge in [-0.2, -0.15) is 0 Å². The number of hydrogen-bond acceptors (Lipinski definition) is 6. The molecule has 10 nitrogen and oxygen atoms in total. The number of para-hydroxylation sites is 2. The maximum absolute atomic E-state index is 13.2. The summed E-state index contributed by atoms with van der Waals surface area (Å²) in [6.45, 7) is 7.97. The highest BCUT2D eigenvalue weighted by molar-refractivity contribution is 5.99. The number of phenolic OH excluding ortho intramolecular Hbond substituents is 2. The summed E-state index contributed by atoms with van der Waals surface area (Å²) in [4.78, 5) is 51.9. The molecule has 0 aliphatic carbocycles. The number of nitrogens with one attached hydrogen (secondary N) is 4. The number of hydrogen-bond donors (Lipinski definition) is 6. The van der Waals surface area contributed by atoms with E-state index in [2.05, 4.69) is 28.6 Å². The smallest absolute Gasteiger partial charge is 0.273 e. The molecule has 0 aliphatic rings. The topological polar surface area (TPSA) is 157 Å². The van der Waals surface area contributed by atoms with Gasteiger partial charge in [0.25, 0.3) is 11.8 Å². The molecule has 10 heteroatoms. The Hall–Kier alpha value is -4.08. The highest BCUT2D eigenvalue weighted by atomic mass is 16.3. The summed E-state index contributed by atoms with van der Waals surface area (Å²) < 4.78 is 0. The first-order valence-corrected chi connectivity index (χ1v) is 16.0. The summed E-state index contributed by atoms with van der Waals surface area (Å²) in [6.07, 6.45) is 8.70. The summed E-state index contributed by atoms with van der Waals surface area (Å²) in [6, 6.07) is 9.93. The summed E-state index contributed by atoms with van der Waals surface area (Å²) in [7, 11) is 0. The third-order valence-corrected chi connectivity index (χ3v) is 7.89. The number of carbonyl (C=O) groups excluding carboxylic acids is 4. The number of phenols is 2. The van der Waals surface area contributed by atoms with E-state index in [1.807, 2.05) is 20.8 Å². The lowest BCUT2D eigenvalue weighted by molar-refractivity contribution is -0.129. The largest absolute Gasteiger partial charge is 0.507 e. The number of aryl methyl sites for hydroxylation is 2. The van der Waals surface area contributed by atoms with Gasteiger partial charge >= 0.3 is 0 Å². The molecule has 0 bridgehead atoms. The molecule has 0 saturated heterocycles. The first kappa shape index (κ1) is 36.1. The monoisotopic (exact) mass is 610 g/mol. The van der Waals surface area contributed by atoms with E-state index in [0.29, 0.717) is 36.8 Å². The average Bonchev–Trinajstić information content (AvgIpc) is 3.02. The molecule has 44 heavy (non-hydrogen) atoms. The summed E-state index contributed by atoms with van der Waals surface area (Å²) in [5.41, 5.74) is 11.2. The fraction of sp³-hybridized carbons (Fsp3) is 0.529. The molecule has 0 radical (unpaired) electrons. The van der Waals surface area contributed by atoms with E-state index in [-0.39, 0.29) is 29.0 Å². The molecule has 2 aromatic rings. The van der Waals surface area contributed by atoms with Crippen LogP contribution in [0.3, 0.4) is 0 Å². The van der Waals surface area contributed by atoms with Gasteiger partial charge in [0.15, 0.2) is 0 Å². The molecule has 0 heterocycles. The van der Waals surface area contributed by atoms with E-state index < -0.39 is 35.5 Å². The van der Waals surface area contributed by atoms with Crippen LogP contribution in [0.2, 0.25) is 0 Å². The van der Waals surface area contributed by atoms with Crippen LogP contribution in [0.1, 0.15) is 124 Å². The van der Waals surface area contributed by atoms with Gasteiger partial charge in [-0.05, 0) is 68.2 Å². The minimum absolute atomic E-state index is 0.0708. The quantitative estimate of drug-likeness (QED) is 0.101. The Labute approximate surface area is 261 Å². The van der Waals surface area contributed by atoms with Crippen LogP contribution in [0, 0.1) is 11.8 Å². The van der Waals surface area contributed by atoms with Gasteiger partial charge in [-0.3, -0.25) is 40.9 Å². The lowest BCUT2D eigenvalue weighted by Gasteiger charge is -2.22. The predicted octanol–water partition coefficient (Wildman–Crippen LogP) is 5.62. The molecule has 0 spiro atoms. The van der Waals surface area contributed by atoms with Crippen molar-refractivity contribution < 1.29 is 29.4 Å². The van der Waals surface area contributed by atoms with E-state index in [0.717, 1.165) is 44.9 Å². The summed E-state index contributed by atoms with van der Waals surface area (Å²) in [5.74, 6) is -3.51. The van der Waals surface area contributed by atoms with Crippen LogP contribution >= 0.6 is 0 Å². The van der Waals surface area contributed by atoms with Crippen molar-refractivity contribution in [2.24, 2.45) is 11.8 Å². The van der Waals surface area contributed by atoms with E-state index in [9.17, 15) is 29.4 Å². The second kappa shape index (κ2) is 19.2. The fourth-order valence-electron chi connectivity index (χ4n) is 5.06. The van der Waals surface area contributed by atoms with E-state index >= 15 is 0 Å². The number of unbranched alkanes of at least 4 members (excludes halogenated alkanes) is 4. The molecule has 0 saturated carbocycles. The first-order valence-electron chi connectivity index (χ1n) is 16.0. The molecule has 2 atom stereocenters. The number of rotatable bonds is 17. The SMILES string of the molecule is CCCCCC(CC(CC)C(=O)NNC(=O)c1cccc(CCCC)c1O)C(=O)NNC(=O)c1cccc(CCCC)c1O. The molecule has 2 rings (SSSR count). The Morgan fingerprint density at radius 2 is 1.07 bits per heavy atom. The lowest BCUT2D eigenvalue weighted by atomic mass is 9.88. The van der Waals surface area contributed by atoms with Crippen LogP contribution in [-0.4, -0.2) is 33.8 Å². The van der Waals surface area contributed by atoms with Crippen LogP contribution in [0.25, 0.3) is 0 Å². The molecule has 0 aliphatic heterocycles. The van der Waals surface area contributed by atoms with Crippen molar-refractivity contribution in [3.63, 3.8) is 0 Å². The van der Waals surface area contributed by atoms with Crippen molar-refractivity contribution in [1.82, 2.24) is 21.7 Å². The predicted molar refractivity (Wildman–Crippen MR) is 171 cm³/mol. The van der Waals surface area contributed by atoms with Gasteiger partial charge in [0.1, 0.15) is 11.5 Å². The van der Waals surface area contributed by atoms with Crippen molar-refractivity contribution in [3.8, 4) is 11.5 Å². The zero-order valence-electron chi connectivity index (χ0n) is 26.6. The van der Waals surface area contributed by atoms with Gasteiger partial charge in [-0.1, -0.05) is 84.1 Å². The van der Waals surface area contributed by atoms with Crippen molar-refractivity contribution in [2.45, 2.75) is 105 Å². The van der Waals surface area contributed by atoms with Gasteiger partial charge in [0.2, 0.25) is 11.8 Å². The van der Waals surface area contributed by atoms with Gasteiger partial charge in [0, 0.05) is 11.8 Å². The number of carbonyl (C=O) groups is 4. The average molecular weight is 611 g/mol. The second-order valence-corrected chi connectivity index (χ2v) is 11.3. The zero-order chi connectivity index (χ0) is 32.5. The maximum atomic E-state index is 13.2. The third kappa shape index (κ3) is 10.9. The van der Waals surface area contributed by atoms with Crippen molar-refractivity contribution in [3.05, 3.63) is 58.7 Å². The second-order valence-electron chi connectivity index (χ2n) is 11.3. The molecule has 242 valence electrons. The summed E-state index contributed by atoms with van der Waals surface area (Å²) >= 11 is 0. The maximum Gasteiger partial charge on any atom is 0.273 e. The van der Waals surface area contributed by atoms with E-state index in [1.165, 1.54) is 12.1 Å². The molecular weight excluding hydrogens is 560 g/mol. The highest BCUT2D eigenvalue weighted by Gasteiger charge is 2.27.